The molecule has 1 fully saturated rings. The standard InChI is InChI=1S/C12H15N3O2/c13-12(17)10-4-2-1-3-8(10)6-14-9-5-11(16)15-7-9/h1-4,9,14H,5-7H2,(H2,13,17)(H,15,16). The summed E-state index contributed by atoms with van der Waals surface area (Å²) in [6, 6.07) is 7.34. The van der Waals surface area contributed by atoms with E-state index in [0.717, 1.165) is 5.56 Å². The summed E-state index contributed by atoms with van der Waals surface area (Å²) in [5, 5.41) is 5.98. The largest absolute Gasteiger partial charge is 0.366 e. The van der Waals surface area contributed by atoms with Crippen LogP contribution in [0.4, 0.5) is 0 Å². The molecule has 17 heavy (non-hydrogen) atoms. The summed E-state index contributed by atoms with van der Waals surface area (Å²) in [4.78, 5) is 22.2. The molecule has 90 valence electrons. The number of benzene rings is 1. The molecule has 0 radical (unpaired) electrons. The second kappa shape index (κ2) is 4.97. The highest BCUT2D eigenvalue weighted by Gasteiger charge is 2.20. The van der Waals surface area contributed by atoms with Crippen LogP contribution in [0, 0.1) is 0 Å². The molecule has 1 saturated heterocycles. The zero-order chi connectivity index (χ0) is 12.3. The Morgan fingerprint density at radius 1 is 1.47 bits per heavy atom. The summed E-state index contributed by atoms with van der Waals surface area (Å²) >= 11 is 0. The van der Waals surface area contributed by atoms with Crippen molar-refractivity contribution < 1.29 is 9.59 Å². The predicted molar refractivity (Wildman–Crippen MR) is 63.2 cm³/mol. The monoisotopic (exact) mass is 233 g/mol. The Labute approximate surface area is 99.4 Å². The third-order valence-corrected chi connectivity index (χ3v) is 2.84. The molecule has 0 saturated carbocycles. The molecule has 0 aromatic heterocycles. The van der Waals surface area contributed by atoms with Crippen molar-refractivity contribution in [3.8, 4) is 0 Å². The van der Waals surface area contributed by atoms with Crippen molar-refractivity contribution in [2.75, 3.05) is 6.54 Å². The fourth-order valence-corrected chi connectivity index (χ4v) is 1.92. The minimum atomic E-state index is -0.428. The lowest BCUT2D eigenvalue weighted by Gasteiger charge is -2.12. The van der Waals surface area contributed by atoms with E-state index in [0.29, 0.717) is 25.1 Å². The molecule has 2 rings (SSSR count). The van der Waals surface area contributed by atoms with Gasteiger partial charge in [0.1, 0.15) is 0 Å². The van der Waals surface area contributed by atoms with Gasteiger partial charge in [-0.15, -0.1) is 0 Å². The van der Waals surface area contributed by atoms with Gasteiger partial charge in [-0.3, -0.25) is 9.59 Å². The maximum Gasteiger partial charge on any atom is 0.249 e. The van der Waals surface area contributed by atoms with Crippen molar-refractivity contribution in [2.24, 2.45) is 5.73 Å². The van der Waals surface area contributed by atoms with Gasteiger partial charge >= 0.3 is 0 Å². The van der Waals surface area contributed by atoms with Crippen molar-refractivity contribution >= 4 is 11.8 Å². The SMILES string of the molecule is NC(=O)c1ccccc1CNC1CNC(=O)C1. The normalized spacial score (nSPS) is 19.1. The van der Waals surface area contributed by atoms with Crippen LogP contribution in [0.15, 0.2) is 24.3 Å². The number of amides is 2. The molecule has 1 aromatic carbocycles. The number of rotatable bonds is 4. The second-order valence-corrected chi connectivity index (χ2v) is 4.11. The highest BCUT2D eigenvalue weighted by Crippen LogP contribution is 2.09. The average molecular weight is 233 g/mol. The lowest BCUT2D eigenvalue weighted by atomic mass is 10.1. The summed E-state index contributed by atoms with van der Waals surface area (Å²) in [7, 11) is 0. The third kappa shape index (κ3) is 2.82. The maximum atomic E-state index is 11.2. The Kier molecular flexibility index (Phi) is 3.39. The van der Waals surface area contributed by atoms with Crippen molar-refractivity contribution in [1.82, 2.24) is 10.6 Å². The first kappa shape index (κ1) is 11.6. The summed E-state index contributed by atoms with van der Waals surface area (Å²) in [5.74, 6) is -0.367. The number of hydrogen-bond acceptors (Lipinski definition) is 3. The summed E-state index contributed by atoms with van der Waals surface area (Å²) in [6.45, 7) is 1.18. The Balaban J connectivity index is 1.99. The fourth-order valence-electron chi connectivity index (χ4n) is 1.92. The molecule has 5 heteroatoms. The van der Waals surface area contributed by atoms with Crippen LogP contribution in [0.25, 0.3) is 0 Å². The van der Waals surface area contributed by atoms with Gasteiger partial charge in [-0.25, -0.2) is 0 Å². The first-order valence-electron chi connectivity index (χ1n) is 5.54. The van der Waals surface area contributed by atoms with Gasteiger partial charge in [-0.05, 0) is 11.6 Å². The second-order valence-electron chi connectivity index (χ2n) is 4.11. The van der Waals surface area contributed by atoms with Gasteiger partial charge in [0, 0.05) is 31.1 Å². The number of hydrogen-bond donors (Lipinski definition) is 3. The molecule has 0 bridgehead atoms. The highest BCUT2D eigenvalue weighted by molar-refractivity contribution is 5.94. The molecule has 1 aliphatic rings. The predicted octanol–water partition coefficient (Wildman–Crippen LogP) is -0.236. The smallest absolute Gasteiger partial charge is 0.249 e. The van der Waals surface area contributed by atoms with Gasteiger partial charge in [0.2, 0.25) is 11.8 Å². The first-order chi connectivity index (χ1) is 8.16. The summed E-state index contributed by atoms with van der Waals surface area (Å²) < 4.78 is 0. The van der Waals surface area contributed by atoms with E-state index in [2.05, 4.69) is 10.6 Å². The number of primary amides is 1. The Morgan fingerprint density at radius 2 is 2.24 bits per heavy atom. The van der Waals surface area contributed by atoms with Crippen LogP contribution >= 0.6 is 0 Å². The van der Waals surface area contributed by atoms with Gasteiger partial charge in [-0.2, -0.15) is 0 Å². The van der Waals surface area contributed by atoms with Gasteiger partial charge in [0.25, 0.3) is 0 Å². The molecule has 1 aromatic rings. The van der Waals surface area contributed by atoms with E-state index in [4.69, 9.17) is 5.73 Å². The molecule has 4 N–H and O–H groups in total. The zero-order valence-electron chi connectivity index (χ0n) is 9.40. The van der Waals surface area contributed by atoms with E-state index in [9.17, 15) is 9.59 Å². The van der Waals surface area contributed by atoms with E-state index in [1.54, 1.807) is 12.1 Å². The highest BCUT2D eigenvalue weighted by atomic mass is 16.2. The molecule has 2 amide bonds. The molecular weight excluding hydrogens is 218 g/mol. The fraction of sp³-hybridized carbons (Fsp3) is 0.333. The molecule has 0 spiro atoms. The van der Waals surface area contributed by atoms with Crippen molar-refractivity contribution in [1.29, 1.82) is 0 Å². The van der Waals surface area contributed by atoms with E-state index in [1.807, 2.05) is 12.1 Å². The van der Waals surface area contributed by atoms with Gasteiger partial charge in [-0.1, -0.05) is 18.2 Å². The molecule has 1 unspecified atom stereocenters. The van der Waals surface area contributed by atoms with Crippen molar-refractivity contribution in [3.63, 3.8) is 0 Å². The molecule has 1 aliphatic heterocycles. The van der Waals surface area contributed by atoms with Crippen molar-refractivity contribution in [2.45, 2.75) is 19.0 Å². The van der Waals surface area contributed by atoms with Crippen molar-refractivity contribution in [3.05, 3.63) is 35.4 Å². The molecule has 5 nitrogen and oxygen atoms in total. The number of carbonyl (C=O) groups is 2. The maximum absolute atomic E-state index is 11.2. The minimum Gasteiger partial charge on any atom is -0.366 e. The minimum absolute atomic E-state index is 0.0608. The van der Waals surface area contributed by atoms with Crippen LogP contribution in [-0.4, -0.2) is 24.4 Å². The van der Waals surface area contributed by atoms with Gasteiger partial charge in [0.15, 0.2) is 0 Å². The molecule has 0 aliphatic carbocycles. The van der Waals surface area contributed by atoms with Crippen LogP contribution in [0.1, 0.15) is 22.3 Å². The van der Waals surface area contributed by atoms with Crippen LogP contribution in [0.5, 0.6) is 0 Å². The number of nitrogens with one attached hydrogen (secondary N) is 2. The lowest BCUT2D eigenvalue weighted by Crippen LogP contribution is -2.31. The van der Waals surface area contributed by atoms with E-state index >= 15 is 0 Å². The Hall–Kier alpha value is -1.88. The molecule has 1 atom stereocenters. The van der Waals surface area contributed by atoms with E-state index in [-0.39, 0.29) is 11.9 Å². The third-order valence-electron chi connectivity index (χ3n) is 2.84. The Bertz CT molecular complexity index is 445. The molecular formula is C12H15N3O2. The van der Waals surface area contributed by atoms with E-state index in [1.165, 1.54) is 0 Å². The average Bonchev–Trinajstić information content (AvgIpc) is 2.73. The summed E-state index contributed by atoms with van der Waals surface area (Å²) in [5.41, 5.74) is 6.67. The zero-order valence-corrected chi connectivity index (χ0v) is 9.40. The topological polar surface area (TPSA) is 84.2 Å². The van der Waals surface area contributed by atoms with Gasteiger partial charge in [0.05, 0.1) is 0 Å². The van der Waals surface area contributed by atoms with Crippen LogP contribution in [-0.2, 0) is 11.3 Å². The van der Waals surface area contributed by atoms with Gasteiger partial charge < -0.3 is 16.4 Å². The van der Waals surface area contributed by atoms with Crippen LogP contribution in [0.2, 0.25) is 0 Å². The quantitative estimate of drug-likeness (QED) is 0.671. The molecule has 1 heterocycles. The lowest BCUT2D eigenvalue weighted by molar-refractivity contribution is -0.119. The number of carbonyl (C=O) groups excluding carboxylic acids is 2. The Morgan fingerprint density at radius 3 is 2.88 bits per heavy atom. The summed E-state index contributed by atoms with van der Waals surface area (Å²) in [6.07, 6.45) is 0.485. The number of nitrogens with two attached hydrogens (primary N) is 1. The first-order valence-corrected chi connectivity index (χ1v) is 5.54. The van der Waals surface area contributed by atoms with Crippen LogP contribution in [0.3, 0.4) is 0 Å². The van der Waals surface area contributed by atoms with Crippen LogP contribution < -0.4 is 16.4 Å². The van der Waals surface area contributed by atoms with E-state index < -0.39 is 5.91 Å².